The molecule has 0 aliphatic heterocycles. The van der Waals surface area contributed by atoms with Crippen LogP contribution in [0.5, 0.6) is 0 Å². The summed E-state index contributed by atoms with van der Waals surface area (Å²) in [4.78, 5) is 0. The van der Waals surface area contributed by atoms with Crippen LogP contribution in [0.2, 0.25) is 5.02 Å². The van der Waals surface area contributed by atoms with Crippen LogP contribution in [-0.4, -0.2) is 19.3 Å². The van der Waals surface area contributed by atoms with Crippen molar-refractivity contribution in [1.82, 2.24) is 5.32 Å². The van der Waals surface area contributed by atoms with Crippen LogP contribution >= 0.6 is 11.6 Å². The standard InChI is InChI=1S/C16H24ClNO/c1-4-18-15(11-16(19-3)8-5-9-16)13-7-6-12(2)14(17)10-13/h6-7,10,15,18H,4-5,8-9,11H2,1-3H3. The topological polar surface area (TPSA) is 21.3 Å². The first-order chi connectivity index (χ1) is 9.10. The maximum absolute atomic E-state index is 6.25. The van der Waals surface area contributed by atoms with Crippen molar-refractivity contribution in [1.29, 1.82) is 0 Å². The fourth-order valence-corrected chi connectivity index (χ4v) is 3.00. The molecule has 1 unspecified atom stereocenters. The lowest BCUT2D eigenvalue weighted by Crippen LogP contribution is -2.42. The van der Waals surface area contributed by atoms with E-state index in [9.17, 15) is 0 Å². The van der Waals surface area contributed by atoms with Crippen LogP contribution in [-0.2, 0) is 4.74 Å². The third-order valence-corrected chi connectivity index (χ3v) is 4.73. The average Bonchev–Trinajstić information content (AvgIpc) is 2.36. The molecule has 1 fully saturated rings. The number of halogens is 1. The largest absolute Gasteiger partial charge is 0.378 e. The molecule has 0 amide bonds. The van der Waals surface area contributed by atoms with Gasteiger partial charge in [0.05, 0.1) is 5.60 Å². The zero-order valence-corrected chi connectivity index (χ0v) is 12.9. The normalized spacial score (nSPS) is 18.9. The lowest BCUT2D eigenvalue weighted by atomic mass is 9.74. The smallest absolute Gasteiger partial charge is 0.0697 e. The highest BCUT2D eigenvalue weighted by molar-refractivity contribution is 6.31. The number of nitrogens with one attached hydrogen (secondary N) is 1. The van der Waals surface area contributed by atoms with Crippen molar-refractivity contribution >= 4 is 11.6 Å². The van der Waals surface area contributed by atoms with Gasteiger partial charge in [-0.1, -0.05) is 30.7 Å². The maximum Gasteiger partial charge on any atom is 0.0697 e. The van der Waals surface area contributed by atoms with Gasteiger partial charge in [-0.05, 0) is 56.3 Å². The molecule has 0 aromatic heterocycles. The molecule has 1 N–H and O–H groups in total. The SMILES string of the molecule is CCNC(CC1(OC)CCC1)c1ccc(C)c(Cl)c1. The van der Waals surface area contributed by atoms with Crippen molar-refractivity contribution < 1.29 is 4.74 Å². The Balaban J connectivity index is 2.16. The molecule has 0 radical (unpaired) electrons. The van der Waals surface area contributed by atoms with Crippen molar-refractivity contribution in [2.24, 2.45) is 0 Å². The molecule has 0 saturated heterocycles. The Morgan fingerprint density at radius 3 is 2.63 bits per heavy atom. The number of hydrogen-bond acceptors (Lipinski definition) is 2. The summed E-state index contributed by atoms with van der Waals surface area (Å²) in [6, 6.07) is 6.69. The molecule has 1 aliphatic rings. The minimum atomic E-state index is 0.0736. The van der Waals surface area contributed by atoms with Gasteiger partial charge < -0.3 is 10.1 Å². The summed E-state index contributed by atoms with van der Waals surface area (Å²) in [6.07, 6.45) is 4.65. The van der Waals surface area contributed by atoms with E-state index in [0.29, 0.717) is 6.04 Å². The van der Waals surface area contributed by atoms with Gasteiger partial charge in [0.15, 0.2) is 0 Å². The Morgan fingerprint density at radius 1 is 1.42 bits per heavy atom. The minimum absolute atomic E-state index is 0.0736. The van der Waals surface area contributed by atoms with Crippen LogP contribution in [0.3, 0.4) is 0 Å². The van der Waals surface area contributed by atoms with Crippen molar-refractivity contribution in [3.8, 4) is 0 Å². The van der Waals surface area contributed by atoms with Crippen LogP contribution in [0.1, 0.15) is 49.8 Å². The van der Waals surface area contributed by atoms with Gasteiger partial charge in [-0.2, -0.15) is 0 Å². The van der Waals surface area contributed by atoms with E-state index in [2.05, 4.69) is 30.4 Å². The molecule has 1 aromatic carbocycles. The molecular weight excluding hydrogens is 258 g/mol. The molecule has 1 saturated carbocycles. The molecule has 0 spiro atoms. The van der Waals surface area contributed by atoms with Gasteiger partial charge >= 0.3 is 0 Å². The van der Waals surface area contributed by atoms with Crippen LogP contribution in [0, 0.1) is 6.92 Å². The monoisotopic (exact) mass is 281 g/mol. The molecule has 2 rings (SSSR count). The fraction of sp³-hybridized carbons (Fsp3) is 0.625. The minimum Gasteiger partial charge on any atom is -0.378 e. The van der Waals surface area contributed by atoms with Crippen molar-refractivity contribution in [3.05, 3.63) is 34.3 Å². The quantitative estimate of drug-likeness (QED) is 0.841. The second-order valence-electron chi connectivity index (χ2n) is 5.56. The van der Waals surface area contributed by atoms with Crippen LogP contribution in [0.15, 0.2) is 18.2 Å². The molecular formula is C16H24ClNO. The summed E-state index contributed by atoms with van der Waals surface area (Å²) in [5, 5.41) is 4.41. The molecule has 1 atom stereocenters. The third-order valence-electron chi connectivity index (χ3n) is 4.32. The lowest BCUT2D eigenvalue weighted by molar-refractivity contribution is -0.0837. The Bertz CT molecular complexity index is 423. The summed E-state index contributed by atoms with van der Waals surface area (Å²) in [5.41, 5.74) is 2.47. The van der Waals surface area contributed by atoms with Crippen molar-refractivity contribution in [2.75, 3.05) is 13.7 Å². The van der Waals surface area contributed by atoms with E-state index in [1.54, 1.807) is 0 Å². The Labute approximate surface area is 121 Å². The number of ether oxygens (including phenoxy) is 1. The predicted octanol–water partition coefficient (Wildman–Crippen LogP) is 4.26. The van der Waals surface area contributed by atoms with Gasteiger partial charge in [-0.3, -0.25) is 0 Å². The molecule has 3 heteroatoms. The molecule has 1 aromatic rings. The molecule has 2 nitrogen and oxygen atoms in total. The van der Waals surface area contributed by atoms with Gasteiger partial charge in [0.1, 0.15) is 0 Å². The number of rotatable bonds is 6. The van der Waals surface area contributed by atoms with E-state index >= 15 is 0 Å². The molecule has 1 aliphatic carbocycles. The van der Waals surface area contributed by atoms with Gasteiger partial charge in [0.25, 0.3) is 0 Å². The van der Waals surface area contributed by atoms with Gasteiger partial charge in [0.2, 0.25) is 0 Å². The number of benzene rings is 1. The van der Waals surface area contributed by atoms with Crippen LogP contribution in [0.4, 0.5) is 0 Å². The van der Waals surface area contributed by atoms with Crippen LogP contribution < -0.4 is 5.32 Å². The predicted molar refractivity (Wildman–Crippen MR) is 80.8 cm³/mol. The summed E-state index contributed by atoms with van der Waals surface area (Å²) in [5.74, 6) is 0. The summed E-state index contributed by atoms with van der Waals surface area (Å²) >= 11 is 6.25. The first-order valence-electron chi connectivity index (χ1n) is 7.15. The van der Waals surface area contributed by atoms with Crippen molar-refractivity contribution in [2.45, 2.75) is 51.2 Å². The third kappa shape index (κ3) is 3.31. The van der Waals surface area contributed by atoms with E-state index in [4.69, 9.17) is 16.3 Å². The Kier molecular flexibility index (Phi) is 4.88. The summed E-state index contributed by atoms with van der Waals surface area (Å²) in [7, 11) is 1.84. The van der Waals surface area contributed by atoms with E-state index in [1.165, 1.54) is 24.8 Å². The van der Waals surface area contributed by atoms with E-state index in [0.717, 1.165) is 23.6 Å². The lowest BCUT2D eigenvalue weighted by Gasteiger charge is -2.43. The number of aryl methyl sites for hydroxylation is 1. The first kappa shape index (κ1) is 14.8. The summed E-state index contributed by atoms with van der Waals surface area (Å²) < 4.78 is 5.75. The highest BCUT2D eigenvalue weighted by Crippen LogP contribution is 2.42. The highest BCUT2D eigenvalue weighted by atomic mass is 35.5. The zero-order valence-electron chi connectivity index (χ0n) is 12.1. The van der Waals surface area contributed by atoms with Crippen molar-refractivity contribution in [3.63, 3.8) is 0 Å². The van der Waals surface area contributed by atoms with Crippen LogP contribution in [0.25, 0.3) is 0 Å². The van der Waals surface area contributed by atoms with E-state index < -0.39 is 0 Å². The molecule has 106 valence electrons. The zero-order chi connectivity index (χ0) is 13.9. The molecule has 19 heavy (non-hydrogen) atoms. The summed E-state index contributed by atoms with van der Waals surface area (Å²) in [6.45, 7) is 5.13. The number of hydrogen-bond donors (Lipinski definition) is 1. The van der Waals surface area contributed by atoms with E-state index in [-0.39, 0.29) is 5.60 Å². The van der Waals surface area contributed by atoms with Gasteiger partial charge in [0, 0.05) is 18.2 Å². The first-order valence-corrected chi connectivity index (χ1v) is 7.52. The highest BCUT2D eigenvalue weighted by Gasteiger charge is 2.39. The second kappa shape index (κ2) is 6.25. The molecule has 0 heterocycles. The van der Waals surface area contributed by atoms with Gasteiger partial charge in [-0.25, -0.2) is 0 Å². The molecule has 0 bridgehead atoms. The van der Waals surface area contributed by atoms with E-state index in [1.807, 2.05) is 14.0 Å². The fourth-order valence-electron chi connectivity index (χ4n) is 2.81. The Morgan fingerprint density at radius 2 is 2.16 bits per heavy atom. The maximum atomic E-state index is 6.25. The Hall–Kier alpha value is -0.570. The van der Waals surface area contributed by atoms with Gasteiger partial charge in [-0.15, -0.1) is 0 Å². The number of methoxy groups -OCH3 is 1. The second-order valence-corrected chi connectivity index (χ2v) is 5.97. The average molecular weight is 282 g/mol.